The highest BCUT2D eigenvalue weighted by Gasteiger charge is 2.13. The molecule has 1 aromatic heterocycles. The van der Waals surface area contributed by atoms with Gasteiger partial charge in [0, 0.05) is 19.2 Å². The molecule has 4 nitrogen and oxygen atoms in total. The van der Waals surface area contributed by atoms with Crippen molar-refractivity contribution in [1.82, 2.24) is 9.55 Å². The Morgan fingerprint density at radius 1 is 1.23 bits per heavy atom. The van der Waals surface area contributed by atoms with E-state index in [2.05, 4.69) is 11.1 Å². The summed E-state index contributed by atoms with van der Waals surface area (Å²) in [7, 11) is 1.64. The maximum absolute atomic E-state index is 13.1. The van der Waals surface area contributed by atoms with Gasteiger partial charge in [-0.05, 0) is 42.5 Å². The first-order valence-electron chi connectivity index (χ1n) is 6.88. The summed E-state index contributed by atoms with van der Waals surface area (Å²) in [4.78, 5) is 4.61. The Labute approximate surface area is 127 Å². The molecule has 3 aromatic rings. The molecule has 0 saturated heterocycles. The number of halogens is 1. The van der Waals surface area contributed by atoms with Gasteiger partial charge >= 0.3 is 0 Å². The van der Waals surface area contributed by atoms with E-state index in [0.29, 0.717) is 18.7 Å². The number of hydrogen-bond acceptors (Lipinski definition) is 3. The highest BCUT2D eigenvalue weighted by Crippen LogP contribution is 2.25. The monoisotopic (exact) mass is 295 g/mol. The molecule has 0 amide bonds. The van der Waals surface area contributed by atoms with E-state index in [1.54, 1.807) is 31.4 Å². The molecule has 0 saturated carbocycles. The highest BCUT2D eigenvalue weighted by atomic mass is 19.1. The summed E-state index contributed by atoms with van der Waals surface area (Å²) in [5.74, 6) is 0.456. The topological polar surface area (TPSA) is 50.8 Å². The van der Waals surface area contributed by atoms with Crippen LogP contribution in [0.3, 0.4) is 0 Å². The lowest BCUT2D eigenvalue weighted by atomic mass is 10.2. The Balaban J connectivity index is 2.18. The Hall–Kier alpha value is -2.71. The predicted octanol–water partition coefficient (Wildman–Crippen LogP) is 3.36. The zero-order chi connectivity index (χ0) is 15.5. The van der Waals surface area contributed by atoms with E-state index in [1.807, 2.05) is 10.6 Å². The van der Waals surface area contributed by atoms with Gasteiger partial charge in [0.1, 0.15) is 11.6 Å². The number of fused-ring (bicyclic) bond motifs is 1. The van der Waals surface area contributed by atoms with Crippen molar-refractivity contribution < 1.29 is 9.13 Å². The number of hydrogen-bond donors (Lipinski definition) is 0. The van der Waals surface area contributed by atoms with Crippen LogP contribution in [0.1, 0.15) is 5.56 Å². The van der Waals surface area contributed by atoms with E-state index in [0.717, 1.165) is 22.4 Å². The summed E-state index contributed by atoms with van der Waals surface area (Å²) < 4.78 is 20.3. The molecule has 0 N–H and O–H groups in total. The van der Waals surface area contributed by atoms with E-state index >= 15 is 0 Å². The minimum absolute atomic E-state index is 0.282. The Morgan fingerprint density at radius 2 is 2.00 bits per heavy atom. The number of benzene rings is 2. The number of rotatable bonds is 4. The van der Waals surface area contributed by atoms with Gasteiger partial charge in [-0.2, -0.15) is 5.26 Å². The smallest absolute Gasteiger partial charge is 0.141 e. The molecule has 22 heavy (non-hydrogen) atoms. The lowest BCUT2D eigenvalue weighted by Gasteiger charge is -2.08. The lowest BCUT2D eigenvalue weighted by molar-refractivity contribution is 0.188. The van der Waals surface area contributed by atoms with Crippen LogP contribution < -0.4 is 0 Å². The molecule has 0 aliphatic rings. The molecule has 0 aliphatic carbocycles. The van der Waals surface area contributed by atoms with Crippen LogP contribution in [0.4, 0.5) is 4.39 Å². The maximum Gasteiger partial charge on any atom is 0.141 e. The molecule has 0 spiro atoms. The summed E-state index contributed by atoms with van der Waals surface area (Å²) in [5, 5.41) is 9.02. The Bertz CT molecular complexity index is 847. The first-order chi connectivity index (χ1) is 10.7. The van der Waals surface area contributed by atoms with Gasteiger partial charge in [-0.25, -0.2) is 9.37 Å². The summed E-state index contributed by atoms with van der Waals surface area (Å²) in [6, 6.07) is 13.7. The minimum Gasteiger partial charge on any atom is -0.383 e. The SMILES string of the molecule is COCCn1c(-c2ccc(F)cc2)nc2cc(C#N)ccc21. The Kier molecular flexibility index (Phi) is 3.86. The molecule has 2 aromatic carbocycles. The van der Waals surface area contributed by atoms with Gasteiger partial charge in [-0.15, -0.1) is 0 Å². The first kappa shape index (κ1) is 14.2. The molecular weight excluding hydrogens is 281 g/mol. The second-order valence-corrected chi connectivity index (χ2v) is 4.90. The van der Waals surface area contributed by atoms with Crippen LogP contribution in [0.2, 0.25) is 0 Å². The number of imidazole rings is 1. The van der Waals surface area contributed by atoms with Gasteiger partial charge in [-0.1, -0.05) is 0 Å². The molecule has 3 rings (SSSR count). The molecular formula is C17H14FN3O. The van der Waals surface area contributed by atoms with Crippen LogP contribution in [0.25, 0.3) is 22.4 Å². The third-order valence-electron chi connectivity index (χ3n) is 3.50. The Morgan fingerprint density at radius 3 is 2.68 bits per heavy atom. The van der Waals surface area contributed by atoms with Crippen LogP contribution >= 0.6 is 0 Å². The number of nitriles is 1. The van der Waals surface area contributed by atoms with Crippen LogP contribution in [-0.4, -0.2) is 23.3 Å². The zero-order valence-electron chi connectivity index (χ0n) is 12.1. The van der Waals surface area contributed by atoms with E-state index in [1.165, 1.54) is 12.1 Å². The van der Waals surface area contributed by atoms with Crippen molar-refractivity contribution >= 4 is 11.0 Å². The fourth-order valence-corrected chi connectivity index (χ4v) is 2.43. The van der Waals surface area contributed by atoms with Gasteiger partial charge in [0.25, 0.3) is 0 Å². The number of nitrogens with zero attached hydrogens (tertiary/aromatic N) is 3. The first-order valence-corrected chi connectivity index (χ1v) is 6.88. The molecule has 0 fully saturated rings. The zero-order valence-corrected chi connectivity index (χ0v) is 12.1. The van der Waals surface area contributed by atoms with E-state index in [9.17, 15) is 4.39 Å². The van der Waals surface area contributed by atoms with Crippen molar-refractivity contribution in [3.8, 4) is 17.5 Å². The second kappa shape index (κ2) is 5.96. The van der Waals surface area contributed by atoms with Crippen molar-refractivity contribution in [3.63, 3.8) is 0 Å². The van der Waals surface area contributed by atoms with Crippen molar-refractivity contribution in [2.45, 2.75) is 6.54 Å². The summed E-state index contributed by atoms with van der Waals surface area (Å²) in [6.07, 6.45) is 0. The summed E-state index contributed by atoms with van der Waals surface area (Å²) in [5.41, 5.74) is 3.06. The molecule has 0 bridgehead atoms. The highest BCUT2D eigenvalue weighted by molar-refractivity contribution is 5.82. The molecule has 110 valence electrons. The van der Waals surface area contributed by atoms with Gasteiger partial charge < -0.3 is 9.30 Å². The number of ether oxygens (including phenoxy) is 1. The van der Waals surface area contributed by atoms with Crippen molar-refractivity contribution in [2.75, 3.05) is 13.7 Å². The number of aromatic nitrogens is 2. The molecule has 0 aliphatic heterocycles. The van der Waals surface area contributed by atoms with Crippen molar-refractivity contribution in [3.05, 3.63) is 53.8 Å². The number of methoxy groups -OCH3 is 1. The van der Waals surface area contributed by atoms with Crippen LogP contribution in [0.15, 0.2) is 42.5 Å². The van der Waals surface area contributed by atoms with Crippen molar-refractivity contribution in [2.24, 2.45) is 0 Å². The average molecular weight is 295 g/mol. The van der Waals surface area contributed by atoms with Gasteiger partial charge in [0.15, 0.2) is 0 Å². The summed E-state index contributed by atoms with van der Waals surface area (Å²) in [6.45, 7) is 1.17. The molecule has 0 atom stereocenters. The van der Waals surface area contributed by atoms with Crippen LogP contribution in [-0.2, 0) is 11.3 Å². The average Bonchev–Trinajstić information content (AvgIpc) is 2.91. The fourth-order valence-electron chi connectivity index (χ4n) is 2.43. The van der Waals surface area contributed by atoms with E-state index in [4.69, 9.17) is 10.00 Å². The van der Waals surface area contributed by atoms with Crippen molar-refractivity contribution in [1.29, 1.82) is 5.26 Å². The third-order valence-corrected chi connectivity index (χ3v) is 3.50. The molecule has 1 heterocycles. The lowest BCUT2D eigenvalue weighted by Crippen LogP contribution is -2.06. The maximum atomic E-state index is 13.1. The third kappa shape index (κ3) is 2.57. The van der Waals surface area contributed by atoms with Gasteiger partial charge in [-0.3, -0.25) is 0 Å². The molecule has 0 radical (unpaired) electrons. The molecule has 0 unspecified atom stereocenters. The second-order valence-electron chi connectivity index (χ2n) is 4.90. The van der Waals surface area contributed by atoms with Gasteiger partial charge in [0.05, 0.1) is 29.3 Å². The van der Waals surface area contributed by atoms with E-state index < -0.39 is 0 Å². The molecule has 5 heteroatoms. The van der Waals surface area contributed by atoms with E-state index in [-0.39, 0.29) is 5.82 Å². The summed E-state index contributed by atoms with van der Waals surface area (Å²) >= 11 is 0. The standard InChI is InChI=1S/C17H14FN3O/c1-22-9-8-21-16-7-2-12(11-19)10-15(16)20-17(21)13-3-5-14(18)6-4-13/h2-7,10H,8-9H2,1H3. The quantitative estimate of drug-likeness (QED) is 0.741. The fraction of sp³-hybridized carbons (Fsp3) is 0.176. The van der Waals surface area contributed by atoms with Crippen LogP contribution in [0.5, 0.6) is 0 Å². The van der Waals surface area contributed by atoms with Gasteiger partial charge in [0.2, 0.25) is 0 Å². The predicted molar refractivity (Wildman–Crippen MR) is 81.7 cm³/mol. The normalized spacial score (nSPS) is 10.8. The minimum atomic E-state index is -0.282. The van der Waals surface area contributed by atoms with Crippen LogP contribution in [0, 0.1) is 17.1 Å². The largest absolute Gasteiger partial charge is 0.383 e.